The van der Waals surface area contributed by atoms with Crippen LogP contribution in [-0.2, 0) is 11.9 Å². The molecule has 0 aromatic carbocycles. The molecule has 0 N–H and O–H groups in total. The number of aromatic nitrogens is 4. The van der Waals surface area contributed by atoms with Gasteiger partial charge in [0.2, 0.25) is 0 Å². The summed E-state index contributed by atoms with van der Waals surface area (Å²) in [5, 5.41) is 10.7. The van der Waals surface area contributed by atoms with Gasteiger partial charge in [-0.3, -0.25) is 4.68 Å². The molecule has 0 aliphatic carbocycles. The maximum Gasteiger partial charge on any atom is 0.146 e. The Morgan fingerprint density at radius 3 is 2.88 bits per heavy atom. The third-order valence-electron chi connectivity index (χ3n) is 4.78. The molecule has 1 unspecified atom stereocenters. The second-order valence-electron chi connectivity index (χ2n) is 6.67. The van der Waals surface area contributed by atoms with Gasteiger partial charge >= 0.3 is 0 Å². The smallest absolute Gasteiger partial charge is 0.146 e. The molecular weight excluding hydrogens is 398 g/mol. The number of aryl methyl sites for hydroxylation is 1. The minimum atomic E-state index is 0.451. The topological polar surface area (TPSA) is 56.8 Å². The molecule has 8 heteroatoms. The zero-order valence-corrected chi connectivity index (χ0v) is 16.5. The lowest BCUT2D eigenvalue weighted by Gasteiger charge is -2.30. The average molecular weight is 420 g/mol. The maximum atomic E-state index is 6.26. The second kappa shape index (κ2) is 7.38. The summed E-state index contributed by atoms with van der Waals surface area (Å²) in [6, 6.07) is 2.07. The van der Waals surface area contributed by atoms with Crippen molar-refractivity contribution in [2.75, 3.05) is 26.8 Å². The molecule has 0 spiro atoms. The number of ether oxygens (including phenoxy) is 1. The number of hydroxylamine groups is 2. The normalized spacial score (nSPS) is 18.5. The molecule has 3 aromatic heterocycles. The molecular formula is C18H22BrN5O2. The summed E-state index contributed by atoms with van der Waals surface area (Å²) >= 11 is 3.58. The number of halogens is 1. The molecule has 1 saturated heterocycles. The molecule has 0 bridgehead atoms. The Balaban J connectivity index is 1.61. The van der Waals surface area contributed by atoms with Crippen molar-refractivity contribution in [3.63, 3.8) is 0 Å². The first-order chi connectivity index (χ1) is 12.6. The quantitative estimate of drug-likeness (QED) is 0.635. The van der Waals surface area contributed by atoms with Crippen molar-refractivity contribution in [2.24, 2.45) is 13.0 Å². The van der Waals surface area contributed by atoms with Gasteiger partial charge in [-0.15, -0.1) is 0 Å². The summed E-state index contributed by atoms with van der Waals surface area (Å²) in [6.07, 6.45) is 9.91. The molecule has 0 amide bonds. The van der Waals surface area contributed by atoms with Crippen LogP contribution in [0.25, 0.3) is 16.6 Å². The molecule has 1 atom stereocenters. The fraction of sp³-hybridized carbons (Fsp3) is 0.444. The molecule has 4 heterocycles. The Morgan fingerprint density at radius 1 is 1.23 bits per heavy atom. The third-order valence-corrected chi connectivity index (χ3v) is 5.37. The van der Waals surface area contributed by atoms with Crippen LogP contribution in [0, 0.1) is 5.92 Å². The predicted molar refractivity (Wildman–Crippen MR) is 102 cm³/mol. The Labute approximate surface area is 160 Å². The van der Waals surface area contributed by atoms with E-state index in [0.717, 1.165) is 52.8 Å². The first-order valence-corrected chi connectivity index (χ1v) is 9.51. The number of rotatable bonds is 5. The van der Waals surface area contributed by atoms with E-state index in [2.05, 4.69) is 32.2 Å². The van der Waals surface area contributed by atoms with Gasteiger partial charge in [0, 0.05) is 49.6 Å². The van der Waals surface area contributed by atoms with Gasteiger partial charge in [-0.05, 0) is 34.8 Å². The molecule has 1 fully saturated rings. The molecule has 1 aliphatic rings. The van der Waals surface area contributed by atoms with Crippen LogP contribution in [-0.4, -0.2) is 51.3 Å². The van der Waals surface area contributed by atoms with E-state index in [1.165, 1.54) is 0 Å². The van der Waals surface area contributed by atoms with Gasteiger partial charge in [-0.1, -0.05) is 0 Å². The standard InChI is InChI=1S/C18H22BrN5O2/c1-22-10-15(7-20-22)14-6-17(18-16(19)8-21-24(18)11-14)26-12-13-4-3-5-23(9-13)25-2/h6-8,10-11,13H,3-5,9,12H2,1-2H3. The fourth-order valence-electron chi connectivity index (χ4n) is 3.42. The second-order valence-corrected chi connectivity index (χ2v) is 7.53. The Hall–Kier alpha value is -1.90. The average Bonchev–Trinajstić information content (AvgIpc) is 3.26. The highest BCUT2D eigenvalue weighted by atomic mass is 79.9. The van der Waals surface area contributed by atoms with E-state index < -0.39 is 0 Å². The first-order valence-electron chi connectivity index (χ1n) is 8.72. The van der Waals surface area contributed by atoms with Crippen molar-refractivity contribution in [1.29, 1.82) is 0 Å². The summed E-state index contributed by atoms with van der Waals surface area (Å²) in [7, 11) is 3.64. The van der Waals surface area contributed by atoms with Crippen molar-refractivity contribution in [2.45, 2.75) is 12.8 Å². The van der Waals surface area contributed by atoms with Crippen molar-refractivity contribution < 1.29 is 9.57 Å². The van der Waals surface area contributed by atoms with Crippen LogP contribution in [0.2, 0.25) is 0 Å². The number of hydrogen-bond acceptors (Lipinski definition) is 5. The highest BCUT2D eigenvalue weighted by Gasteiger charge is 2.21. The zero-order chi connectivity index (χ0) is 18.1. The predicted octanol–water partition coefficient (Wildman–Crippen LogP) is 3.15. The molecule has 3 aromatic rings. The Kier molecular flexibility index (Phi) is 4.97. The number of hydrogen-bond donors (Lipinski definition) is 0. The number of pyridine rings is 1. The van der Waals surface area contributed by atoms with Crippen molar-refractivity contribution in [3.8, 4) is 16.9 Å². The number of piperidine rings is 1. The van der Waals surface area contributed by atoms with Crippen LogP contribution in [0.3, 0.4) is 0 Å². The van der Waals surface area contributed by atoms with E-state index in [1.807, 2.05) is 35.2 Å². The summed E-state index contributed by atoms with van der Waals surface area (Å²) in [4.78, 5) is 5.38. The van der Waals surface area contributed by atoms with Crippen molar-refractivity contribution in [3.05, 3.63) is 35.3 Å². The zero-order valence-electron chi connectivity index (χ0n) is 14.9. The molecule has 4 rings (SSSR count). The highest BCUT2D eigenvalue weighted by Crippen LogP contribution is 2.33. The van der Waals surface area contributed by atoms with Gasteiger partial charge in [0.15, 0.2) is 0 Å². The van der Waals surface area contributed by atoms with E-state index in [9.17, 15) is 0 Å². The molecule has 26 heavy (non-hydrogen) atoms. The van der Waals surface area contributed by atoms with Gasteiger partial charge < -0.3 is 9.57 Å². The van der Waals surface area contributed by atoms with E-state index in [1.54, 1.807) is 18.0 Å². The molecule has 0 radical (unpaired) electrons. The fourth-order valence-corrected chi connectivity index (χ4v) is 3.89. The van der Waals surface area contributed by atoms with E-state index in [0.29, 0.717) is 12.5 Å². The number of nitrogens with zero attached hydrogens (tertiary/aromatic N) is 5. The Bertz CT molecular complexity index is 906. The van der Waals surface area contributed by atoms with Crippen LogP contribution >= 0.6 is 15.9 Å². The summed E-state index contributed by atoms with van der Waals surface area (Å²) in [6.45, 7) is 2.54. The summed E-state index contributed by atoms with van der Waals surface area (Å²) in [5.74, 6) is 1.28. The SMILES string of the molecule is CON1CCCC(COc2cc(-c3cnn(C)c3)cn3ncc(Br)c23)C1. The third kappa shape index (κ3) is 3.49. The Morgan fingerprint density at radius 2 is 2.12 bits per heavy atom. The van der Waals surface area contributed by atoms with Gasteiger partial charge in [-0.25, -0.2) is 4.52 Å². The van der Waals surface area contributed by atoms with Gasteiger partial charge in [0.25, 0.3) is 0 Å². The van der Waals surface area contributed by atoms with Gasteiger partial charge in [-0.2, -0.15) is 15.3 Å². The monoisotopic (exact) mass is 419 g/mol. The summed E-state index contributed by atoms with van der Waals surface area (Å²) in [5.41, 5.74) is 3.00. The lowest BCUT2D eigenvalue weighted by Crippen LogP contribution is -2.36. The lowest BCUT2D eigenvalue weighted by atomic mass is 10.0. The number of fused-ring (bicyclic) bond motifs is 1. The van der Waals surface area contributed by atoms with E-state index in [-0.39, 0.29) is 0 Å². The van der Waals surface area contributed by atoms with Crippen LogP contribution < -0.4 is 4.74 Å². The largest absolute Gasteiger partial charge is 0.491 e. The van der Waals surface area contributed by atoms with Gasteiger partial charge in [0.1, 0.15) is 11.3 Å². The van der Waals surface area contributed by atoms with Crippen LogP contribution in [0.4, 0.5) is 0 Å². The summed E-state index contributed by atoms with van der Waals surface area (Å²) < 4.78 is 10.8. The molecule has 7 nitrogen and oxygen atoms in total. The van der Waals surface area contributed by atoms with Gasteiger partial charge in [0.05, 0.1) is 30.6 Å². The minimum absolute atomic E-state index is 0.451. The highest BCUT2D eigenvalue weighted by molar-refractivity contribution is 9.10. The molecule has 138 valence electrons. The van der Waals surface area contributed by atoms with Crippen molar-refractivity contribution >= 4 is 21.4 Å². The van der Waals surface area contributed by atoms with E-state index >= 15 is 0 Å². The van der Waals surface area contributed by atoms with E-state index in [4.69, 9.17) is 9.57 Å². The maximum absolute atomic E-state index is 6.26. The first kappa shape index (κ1) is 17.5. The lowest BCUT2D eigenvalue weighted by molar-refractivity contribution is -0.155. The molecule has 0 saturated carbocycles. The van der Waals surface area contributed by atoms with Crippen molar-refractivity contribution in [1.82, 2.24) is 24.5 Å². The molecule has 1 aliphatic heterocycles. The minimum Gasteiger partial charge on any atom is -0.491 e. The van der Waals surface area contributed by atoms with Crippen LogP contribution in [0.15, 0.2) is 35.3 Å². The van der Waals surface area contributed by atoms with Crippen LogP contribution in [0.5, 0.6) is 5.75 Å². The van der Waals surface area contributed by atoms with Crippen LogP contribution in [0.1, 0.15) is 12.8 Å².